The highest BCUT2D eigenvalue weighted by Gasteiger charge is 2.14. The van der Waals surface area contributed by atoms with E-state index >= 15 is 0 Å². The van der Waals surface area contributed by atoms with Crippen LogP contribution >= 0.6 is 0 Å². The topological polar surface area (TPSA) is 26.3 Å². The van der Waals surface area contributed by atoms with Gasteiger partial charge >= 0.3 is 5.97 Å². The maximum absolute atomic E-state index is 11.5. The molecule has 0 aliphatic heterocycles. The third-order valence-electron chi connectivity index (χ3n) is 2.55. The van der Waals surface area contributed by atoms with E-state index < -0.39 is 0 Å². The summed E-state index contributed by atoms with van der Waals surface area (Å²) in [5.41, 5.74) is 0. The van der Waals surface area contributed by atoms with Gasteiger partial charge in [0.05, 0.1) is 6.42 Å². The van der Waals surface area contributed by atoms with Gasteiger partial charge in [0.1, 0.15) is 6.10 Å². The van der Waals surface area contributed by atoms with Gasteiger partial charge in [0.2, 0.25) is 0 Å². The smallest absolute Gasteiger partial charge is 0.309 e. The molecule has 0 heterocycles. The van der Waals surface area contributed by atoms with Crippen LogP contribution in [0, 0.1) is 5.92 Å². The van der Waals surface area contributed by atoms with Crippen molar-refractivity contribution < 1.29 is 9.53 Å². The summed E-state index contributed by atoms with van der Waals surface area (Å²) in [5.74, 6) is 0.265. The van der Waals surface area contributed by atoms with Gasteiger partial charge in [-0.2, -0.15) is 0 Å². The Balaban J connectivity index is 3.82. The fourth-order valence-electron chi connectivity index (χ4n) is 1.53. The van der Waals surface area contributed by atoms with Crippen LogP contribution in [0.5, 0.6) is 0 Å². The van der Waals surface area contributed by atoms with E-state index in [9.17, 15) is 4.79 Å². The summed E-state index contributed by atoms with van der Waals surface area (Å²) < 4.78 is 5.38. The number of esters is 1. The summed E-state index contributed by atoms with van der Waals surface area (Å²) in [4.78, 5) is 11.5. The van der Waals surface area contributed by atoms with Crippen molar-refractivity contribution in [2.45, 2.75) is 59.5 Å². The molecule has 0 saturated heterocycles. The average Bonchev–Trinajstić information content (AvgIpc) is 2.30. The molecule has 0 aliphatic carbocycles. The molecule has 0 aromatic heterocycles. The number of rotatable bonds is 8. The first-order chi connectivity index (χ1) is 8.11. The molecular formula is C15H26O2. The Morgan fingerprint density at radius 1 is 1.12 bits per heavy atom. The molecule has 1 atom stereocenters. The summed E-state index contributed by atoms with van der Waals surface area (Å²) in [6.45, 7) is 8.30. The number of ether oxygens (including phenoxy) is 1. The summed E-state index contributed by atoms with van der Waals surface area (Å²) in [5, 5.41) is 0. The lowest BCUT2D eigenvalue weighted by atomic mass is 10.1. The first kappa shape index (κ1) is 16.0. The lowest BCUT2D eigenvalue weighted by Crippen LogP contribution is -2.22. The van der Waals surface area contributed by atoms with Gasteiger partial charge in [0.15, 0.2) is 0 Å². The first-order valence-corrected chi connectivity index (χ1v) is 6.61. The van der Waals surface area contributed by atoms with Crippen molar-refractivity contribution in [2.75, 3.05) is 0 Å². The molecule has 0 aromatic carbocycles. The summed E-state index contributed by atoms with van der Waals surface area (Å²) in [6, 6.07) is 0. The zero-order chi connectivity index (χ0) is 13.1. The molecule has 0 rings (SSSR count). The van der Waals surface area contributed by atoms with Crippen LogP contribution < -0.4 is 0 Å². The van der Waals surface area contributed by atoms with Gasteiger partial charge in [-0.1, -0.05) is 52.0 Å². The summed E-state index contributed by atoms with van der Waals surface area (Å²) in [6.07, 6.45) is 11.4. The lowest BCUT2D eigenvalue weighted by Gasteiger charge is -2.19. The number of hydrogen-bond donors (Lipinski definition) is 0. The van der Waals surface area contributed by atoms with E-state index in [1.807, 2.05) is 19.1 Å². The highest BCUT2D eigenvalue weighted by atomic mass is 16.5. The summed E-state index contributed by atoms with van der Waals surface area (Å²) >= 11 is 0. The predicted octanol–water partition coefficient (Wildman–Crippen LogP) is 4.27. The second-order valence-corrected chi connectivity index (χ2v) is 4.47. The van der Waals surface area contributed by atoms with Crippen LogP contribution in [0.3, 0.4) is 0 Å². The standard InChI is InChI=1S/C15H26O2/c1-5-7-8-9-10-11-12-15(16)17-14(6-2)13(3)4/h7-8,10-11,13-14H,5-6,9,12H2,1-4H3/b8-7-,11-10-. The molecule has 0 spiro atoms. The van der Waals surface area contributed by atoms with Crippen molar-refractivity contribution in [3.05, 3.63) is 24.3 Å². The second kappa shape index (κ2) is 10.1. The van der Waals surface area contributed by atoms with Crippen LogP contribution in [0.15, 0.2) is 24.3 Å². The van der Waals surface area contributed by atoms with Gasteiger partial charge < -0.3 is 4.74 Å². The van der Waals surface area contributed by atoms with E-state index in [0.717, 1.165) is 19.3 Å². The van der Waals surface area contributed by atoms with E-state index in [4.69, 9.17) is 4.74 Å². The van der Waals surface area contributed by atoms with E-state index in [1.54, 1.807) is 0 Å². The van der Waals surface area contributed by atoms with Crippen molar-refractivity contribution in [1.82, 2.24) is 0 Å². The van der Waals surface area contributed by atoms with Crippen molar-refractivity contribution in [1.29, 1.82) is 0 Å². The second-order valence-electron chi connectivity index (χ2n) is 4.47. The van der Waals surface area contributed by atoms with Crippen molar-refractivity contribution in [3.8, 4) is 0 Å². The molecule has 0 amide bonds. The monoisotopic (exact) mass is 238 g/mol. The maximum Gasteiger partial charge on any atom is 0.309 e. The highest BCUT2D eigenvalue weighted by Crippen LogP contribution is 2.11. The average molecular weight is 238 g/mol. The normalized spacial score (nSPS) is 13.7. The first-order valence-electron chi connectivity index (χ1n) is 6.61. The van der Waals surface area contributed by atoms with Crippen LogP contribution in [0.1, 0.15) is 53.4 Å². The largest absolute Gasteiger partial charge is 0.462 e. The van der Waals surface area contributed by atoms with Crippen LogP contribution in [0.2, 0.25) is 0 Å². The lowest BCUT2D eigenvalue weighted by molar-refractivity contribution is -0.150. The predicted molar refractivity (Wildman–Crippen MR) is 72.8 cm³/mol. The van der Waals surface area contributed by atoms with E-state index in [2.05, 4.69) is 32.9 Å². The molecule has 17 heavy (non-hydrogen) atoms. The Bertz CT molecular complexity index is 252. The molecule has 0 bridgehead atoms. The van der Waals surface area contributed by atoms with Crippen LogP contribution in [0.25, 0.3) is 0 Å². The number of hydrogen-bond acceptors (Lipinski definition) is 2. The molecule has 0 aromatic rings. The molecule has 0 fully saturated rings. The molecule has 0 aliphatic rings. The number of carbonyl (C=O) groups excluding carboxylic acids is 1. The molecule has 1 unspecified atom stereocenters. The van der Waals surface area contributed by atoms with Gasteiger partial charge in [-0.05, 0) is 25.2 Å². The summed E-state index contributed by atoms with van der Waals surface area (Å²) in [7, 11) is 0. The van der Waals surface area contributed by atoms with Crippen LogP contribution in [-0.2, 0) is 9.53 Å². The molecular weight excluding hydrogens is 212 g/mol. The van der Waals surface area contributed by atoms with Crippen molar-refractivity contribution in [3.63, 3.8) is 0 Å². The molecule has 2 heteroatoms. The van der Waals surface area contributed by atoms with Gasteiger partial charge in [0.25, 0.3) is 0 Å². The Hall–Kier alpha value is -1.05. The SMILES string of the molecule is CC/C=C\C/C=C\CC(=O)OC(CC)C(C)C. The Morgan fingerprint density at radius 2 is 1.76 bits per heavy atom. The maximum atomic E-state index is 11.5. The zero-order valence-corrected chi connectivity index (χ0v) is 11.6. The molecule has 0 radical (unpaired) electrons. The van der Waals surface area contributed by atoms with Crippen molar-refractivity contribution >= 4 is 5.97 Å². The molecule has 0 saturated carbocycles. The van der Waals surface area contributed by atoms with Crippen LogP contribution in [0.4, 0.5) is 0 Å². The molecule has 0 N–H and O–H groups in total. The fourth-order valence-corrected chi connectivity index (χ4v) is 1.53. The third-order valence-corrected chi connectivity index (χ3v) is 2.55. The van der Waals surface area contributed by atoms with E-state index in [1.165, 1.54) is 0 Å². The fraction of sp³-hybridized carbons (Fsp3) is 0.667. The van der Waals surface area contributed by atoms with E-state index in [0.29, 0.717) is 12.3 Å². The van der Waals surface area contributed by atoms with Gasteiger partial charge in [-0.3, -0.25) is 4.79 Å². The van der Waals surface area contributed by atoms with E-state index in [-0.39, 0.29) is 12.1 Å². The minimum absolute atomic E-state index is 0.0517. The van der Waals surface area contributed by atoms with Crippen molar-refractivity contribution in [2.24, 2.45) is 5.92 Å². The number of carbonyl (C=O) groups is 1. The van der Waals surface area contributed by atoms with Gasteiger partial charge in [-0.25, -0.2) is 0 Å². The Labute approximate surface area is 106 Å². The molecule has 2 nitrogen and oxygen atoms in total. The number of allylic oxidation sites excluding steroid dienone is 3. The quantitative estimate of drug-likeness (QED) is 0.466. The zero-order valence-electron chi connectivity index (χ0n) is 11.6. The highest BCUT2D eigenvalue weighted by molar-refractivity contribution is 5.71. The minimum Gasteiger partial charge on any atom is -0.462 e. The Kier molecular flexibility index (Phi) is 9.50. The minimum atomic E-state index is -0.124. The van der Waals surface area contributed by atoms with Gasteiger partial charge in [0, 0.05) is 0 Å². The van der Waals surface area contributed by atoms with Crippen LogP contribution in [-0.4, -0.2) is 12.1 Å². The molecule has 98 valence electrons. The third kappa shape index (κ3) is 8.73. The van der Waals surface area contributed by atoms with Gasteiger partial charge in [-0.15, -0.1) is 0 Å². The Morgan fingerprint density at radius 3 is 2.29 bits per heavy atom.